The SMILES string of the molecule is C=CC(C)C(SC(C)(C)C)C(=S)N(C)C. The molecular formula is C12H23NS2. The fourth-order valence-electron chi connectivity index (χ4n) is 1.14. The Morgan fingerprint density at radius 2 is 1.87 bits per heavy atom. The molecule has 0 saturated carbocycles. The molecule has 0 saturated heterocycles. The minimum atomic E-state index is 0.224. The molecule has 0 bridgehead atoms. The van der Waals surface area contributed by atoms with E-state index >= 15 is 0 Å². The highest BCUT2D eigenvalue weighted by Crippen LogP contribution is 2.33. The van der Waals surface area contributed by atoms with Crippen molar-refractivity contribution < 1.29 is 0 Å². The zero-order valence-electron chi connectivity index (χ0n) is 10.7. The Balaban J connectivity index is 4.74. The third-order valence-corrected chi connectivity index (χ3v) is 4.40. The molecule has 3 heteroatoms. The molecule has 0 fully saturated rings. The van der Waals surface area contributed by atoms with Crippen molar-refractivity contribution in [1.82, 2.24) is 4.90 Å². The lowest BCUT2D eigenvalue weighted by Crippen LogP contribution is -2.36. The van der Waals surface area contributed by atoms with E-state index in [1.54, 1.807) is 0 Å². The summed E-state index contributed by atoms with van der Waals surface area (Å²) < 4.78 is 0.224. The molecule has 0 aromatic carbocycles. The van der Waals surface area contributed by atoms with E-state index in [1.807, 2.05) is 36.8 Å². The summed E-state index contributed by atoms with van der Waals surface area (Å²) in [5, 5.41) is 0.340. The van der Waals surface area contributed by atoms with Gasteiger partial charge in [-0.15, -0.1) is 18.3 Å². The van der Waals surface area contributed by atoms with Crippen molar-refractivity contribution in [3.05, 3.63) is 12.7 Å². The number of thioether (sulfide) groups is 1. The topological polar surface area (TPSA) is 3.24 Å². The van der Waals surface area contributed by atoms with Crippen LogP contribution in [0.1, 0.15) is 27.7 Å². The first-order valence-electron chi connectivity index (χ1n) is 5.20. The quantitative estimate of drug-likeness (QED) is 0.550. The zero-order valence-corrected chi connectivity index (χ0v) is 12.3. The molecule has 88 valence electrons. The molecule has 2 unspecified atom stereocenters. The van der Waals surface area contributed by atoms with E-state index in [9.17, 15) is 0 Å². The number of rotatable bonds is 4. The maximum absolute atomic E-state index is 5.47. The number of allylic oxidation sites excluding steroid dienone is 1. The molecule has 15 heavy (non-hydrogen) atoms. The predicted octanol–water partition coefficient (Wildman–Crippen LogP) is 3.60. The van der Waals surface area contributed by atoms with Crippen molar-refractivity contribution in [2.45, 2.75) is 37.7 Å². The number of hydrogen-bond acceptors (Lipinski definition) is 2. The second kappa shape index (κ2) is 5.90. The smallest absolute Gasteiger partial charge is 0.0912 e. The van der Waals surface area contributed by atoms with Crippen molar-refractivity contribution >= 4 is 29.0 Å². The number of hydrogen-bond donors (Lipinski definition) is 0. The molecule has 1 nitrogen and oxygen atoms in total. The molecular weight excluding hydrogens is 222 g/mol. The molecule has 0 rings (SSSR count). The van der Waals surface area contributed by atoms with Crippen LogP contribution < -0.4 is 0 Å². The van der Waals surface area contributed by atoms with E-state index in [-0.39, 0.29) is 4.75 Å². The minimum Gasteiger partial charge on any atom is -0.371 e. The van der Waals surface area contributed by atoms with E-state index in [1.165, 1.54) is 0 Å². The van der Waals surface area contributed by atoms with Gasteiger partial charge in [0.1, 0.15) is 0 Å². The Labute approximate surface area is 104 Å². The van der Waals surface area contributed by atoms with Gasteiger partial charge in [0.05, 0.1) is 10.2 Å². The normalized spacial score (nSPS) is 15.6. The molecule has 0 N–H and O–H groups in total. The van der Waals surface area contributed by atoms with Crippen LogP contribution in [0.2, 0.25) is 0 Å². The standard InChI is InChI=1S/C12H23NS2/c1-8-9(2)10(11(14)13(6)7)15-12(3,4)5/h8-10H,1H2,2-7H3. The Kier molecular flexibility index (Phi) is 5.89. The van der Waals surface area contributed by atoms with Crippen LogP contribution in [0.5, 0.6) is 0 Å². The zero-order chi connectivity index (χ0) is 12.2. The van der Waals surface area contributed by atoms with Crippen LogP contribution >= 0.6 is 24.0 Å². The molecule has 0 aliphatic heterocycles. The molecule has 0 aliphatic carbocycles. The summed E-state index contributed by atoms with van der Waals surface area (Å²) in [6.45, 7) is 12.7. The fourth-order valence-corrected chi connectivity index (χ4v) is 2.90. The van der Waals surface area contributed by atoms with Crippen LogP contribution in [-0.4, -0.2) is 34.0 Å². The second-order valence-corrected chi connectivity index (χ2v) is 7.36. The summed E-state index contributed by atoms with van der Waals surface area (Å²) in [6, 6.07) is 0. The Morgan fingerprint density at radius 3 is 2.13 bits per heavy atom. The van der Waals surface area contributed by atoms with E-state index in [2.05, 4.69) is 34.3 Å². The van der Waals surface area contributed by atoms with Crippen molar-refractivity contribution in [3.63, 3.8) is 0 Å². The lowest BCUT2D eigenvalue weighted by Gasteiger charge is -2.31. The molecule has 0 heterocycles. The molecule has 2 atom stereocenters. The van der Waals surface area contributed by atoms with Gasteiger partial charge in [-0.3, -0.25) is 0 Å². The lowest BCUT2D eigenvalue weighted by atomic mass is 10.1. The molecule has 0 aromatic rings. The summed E-state index contributed by atoms with van der Waals surface area (Å²) in [5.74, 6) is 0.407. The van der Waals surface area contributed by atoms with Gasteiger partial charge >= 0.3 is 0 Å². The van der Waals surface area contributed by atoms with Gasteiger partial charge in [-0.25, -0.2) is 0 Å². The highest BCUT2D eigenvalue weighted by atomic mass is 32.2. The van der Waals surface area contributed by atoms with Gasteiger partial charge in [-0.1, -0.05) is 46.0 Å². The average molecular weight is 245 g/mol. The largest absolute Gasteiger partial charge is 0.371 e. The third-order valence-electron chi connectivity index (χ3n) is 2.01. The molecule has 0 aliphatic rings. The molecule has 0 amide bonds. The first kappa shape index (κ1) is 15.0. The van der Waals surface area contributed by atoms with Crippen molar-refractivity contribution in [1.29, 1.82) is 0 Å². The fraction of sp³-hybridized carbons (Fsp3) is 0.750. The van der Waals surface area contributed by atoms with Gasteiger partial charge in [-0.2, -0.15) is 0 Å². The summed E-state index contributed by atoms with van der Waals surface area (Å²) in [7, 11) is 4.02. The van der Waals surface area contributed by atoms with E-state index in [4.69, 9.17) is 12.2 Å². The minimum absolute atomic E-state index is 0.224. The Bertz CT molecular complexity index is 228. The number of thiocarbonyl (C=S) groups is 1. The van der Waals surface area contributed by atoms with Crippen LogP contribution in [0, 0.1) is 5.92 Å². The summed E-state index contributed by atoms with van der Waals surface area (Å²) in [5.41, 5.74) is 0. The van der Waals surface area contributed by atoms with Gasteiger partial charge in [0, 0.05) is 18.8 Å². The molecule has 0 spiro atoms. The highest BCUT2D eigenvalue weighted by molar-refractivity contribution is 8.02. The first-order chi connectivity index (χ1) is 6.69. The Morgan fingerprint density at radius 1 is 1.40 bits per heavy atom. The van der Waals surface area contributed by atoms with Gasteiger partial charge in [0.25, 0.3) is 0 Å². The maximum atomic E-state index is 5.47. The van der Waals surface area contributed by atoms with Crippen LogP contribution in [0.3, 0.4) is 0 Å². The average Bonchev–Trinajstić information content (AvgIpc) is 2.10. The Hall–Kier alpha value is -0.0200. The van der Waals surface area contributed by atoms with E-state index in [0.717, 1.165) is 4.99 Å². The third kappa shape index (κ3) is 5.57. The maximum Gasteiger partial charge on any atom is 0.0912 e. The van der Waals surface area contributed by atoms with Crippen molar-refractivity contribution in [3.8, 4) is 0 Å². The van der Waals surface area contributed by atoms with Crippen LogP contribution in [-0.2, 0) is 0 Å². The second-order valence-electron chi connectivity index (χ2n) is 4.98. The van der Waals surface area contributed by atoms with E-state index in [0.29, 0.717) is 11.2 Å². The monoisotopic (exact) mass is 245 g/mol. The van der Waals surface area contributed by atoms with Gasteiger partial charge in [-0.05, 0) is 5.92 Å². The van der Waals surface area contributed by atoms with Crippen LogP contribution in [0.4, 0.5) is 0 Å². The number of nitrogens with zero attached hydrogens (tertiary/aromatic N) is 1. The van der Waals surface area contributed by atoms with Gasteiger partial charge < -0.3 is 4.90 Å². The van der Waals surface area contributed by atoms with Gasteiger partial charge in [0.2, 0.25) is 0 Å². The van der Waals surface area contributed by atoms with Crippen molar-refractivity contribution in [2.24, 2.45) is 5.92 Å². The molecule has 0 radical (unpaired) electrons. The van der Waals surface area contributed by atoms with E-state index < -0.39 is 0 Å². The summed E-state index contributed by atoms with van der Waals surface area (Å²) >= 11 is 7.38. The highest BCUT2D eigenvalue weighted by Gasteiger charge is 2.27. The van der Waals surface area contributed by atoms with Gasteiger partial charge in [0.15, 0.2) is 0 Å². The predicted molar refractivity (Wildman–Crippen MR) is 76.8 cm³/mol. The first-order valence-corrected chi connectivity index (χ1v) is 6.49. The summed E-state index contributed by atoms with van der Waals surface area (Å²) in [6.07, 6.45) is 1.99. The summed E-state index contributed by atoms with van der Waals surface area (Å²) in [4.78, 5) is 3.03. The molecule has 0 aromatic heterocycles. The van der Waals surface area contributed by atoms with Crippen LogP contribution in [0.25, 0.3) is 0 Å². The lowest BCUT2D eigenvalue weighted by molar-refractivity contribution is 0.599. The van der Waals surface area contributed by atoms with Crippen LogP contribution in [0.15, 0.2) is 12.7 Å². The van der Waals surface area contributed by atoms with Crippen molar-refractivity contribution in [2.75, 3.05) is 14.1 Å².